The number of aliphatic hydroxyl groups excluding tert-OH is 1. The topological polar surface area (TPSA) is 20.2 Å². The third kappa shape index (κ3) is 3.66. The van der Waals surface area contributed by atoms with E-state index >= 15 is 0 Å². The van der Waals surface area contributed by atoms with Crippen molar-refractivity contribution in [3.8, 4) is 0 Å². The summed E-state index contributed by atoms with van der Waals surface area (Å²) >= 11 is 0. The summed E-state index contributed by atoms with van der Waals surface area (Å²) in [5, 5.41) is 10.2. The Labute approximate surface area is 186 Å². The molecule has 8 atom stereocenters. The highest BCUT2D eigenvalue weighted by Gasteiger charge is 2.55. The van der Waals surface area contributed by atoms with Gasteiger partial charge in [-0.1, -0.05) is 66.5 Å². The third-order valence-corrected chi connectivity index (χ3v) is 10.7. The Balaban J connectivity index is 1.52. The van der Waals surface area contributed by atoms with E-state index in [1.54, 1.807) is 11.1 Å². The van der Waals surface area contributed by atoms with E-state index in [-0.39, 0.29) is 6.10 Å². The molecule has 0 amide bonds. The molecule has 0 aromatic carbocycles. The summed E-state index contributed by atoms with van der Waals surface area (Å²) in [6.45, 7) is 14.9. The van der Waals surface area contributed by atoms with Crippen LogP contribution in [0.1, 0.15) is 106 Å². The monoisotopic (exact) mass is 412 g/mol. The van der Waals surface area contributed by atoms with Gasteiger partial charge in [-0.05, 0) is 109 Å². The van der Waals surface area contributed by atoms with Crippen LogP contribution in [0.5, 0.6) is 0 Å². The first-order valence-corrected chi connectivity index (χ1v) is 13.3. The first-order valence-electron chi connectivity index (χ1n) is 13.3. The normalized spacial score (nSPS) is 42.7. The fraction of sp³-hybridized carbons (Fsp3) is 0.862. The second-order valence-electron chi connectivity index (χ2n) is 12.5. The van der Waals surface area contributed by atoms with Gasteiger partial charge in [-0.2, -0.15) is 0 Å². The van der Waals surface area contributed by atoms with Crippen molar-refractivity contribution in [3.63, 3.8) is 0 Å². The van der Waals surface area contributed by atoms with Crippen LogP contribution < -0.4 is 0 Å². The van der Waals surface area contributed by atoms with Crippen LogP contribution >= 0.6 is 0 Å². The van der Waals surface area contributed by atoms with Crippen LogP contribution in [-0.4, -0.2) is 11.2 Å². The summed E-state index contributed by atoms with van der Waals surface area (Å²) in [4.78, 5) is 0. The van der Waals surface area contributed by atoms with Crippen molar-refractivity contribution < 1.29 is 5.11 Å². The zero-order valence-corrected chi connectivity index (χ0v) is 20.7. The van der Waals surface area contributed by atoms with E-state index in [0.29, 0.717) is 16.7 Å². The van der Waals surface area contributed by atoms with Gasteiger partial charge < -0.3 is 5.11 Å². The van der Waals surface area contributed by atoms with Gasteiger partial charge in [0.25, 0.3) is 0 Å². The zero-order chi connectivity index (χ0) is 21.7. The summed E-state index contributed by atoms with van der Waals surface area (Å²) in [5.74, 6) is 4.88. The van der Waals surface area contributed by atoms with E-state index in [1.165, 1.54) is 51.4 Å². The molecule has 0 heterocycles. The van der Waals surface area contributed by atoms with Crippen molar-refractivity contribution in [2.45, 2.75) is 112 Å². The van der Waals surface area contributed by atoms with Crippen LogP contribution in [0.4, 0.5) is 0 Å². The number of hydrogen-bond acceptors (Lipinski definition) is 1. The Morgan fingerprint density at radius 3 is 2.53 bits per heavy atom. The molecular formula is C29H48O. The second kappa shape index (κ2) is 8.42. The van der Waals surface area contributed by atoms with Gasteiger partial charge in [0, 0.05) is 0 Å². The SMILES string of the molecule is CCC(CCC(C)C1CCC2C3=CC[C@H]4C[C@@H](O)CCC4(C)C3=CCC21C)C(C)C. The molecule has 1 N–H and O–H groups in total. The molecule has 2 saturated carbocycles. The lowest BCUT2D eigenvalue weighted by atomic mass is 9.51. The van der Waals surface area contributed by atoms with E-state index in [2.05, 4.69) is 53.7 Å². The fourth-order valence-electron chi connectivity index (χ4n) is 8.49. The van der Waals surface area contributed by atoms with Gasteiger partial charge in [-0.15, -0.1) is 0 Å². The van der Waals surface area contributed by atoms with E-state index in [1.807, 2.05) is 0 Å². The van der Waals surface area contributed by atoms with Gasteiger partial charge in [0.2, 0.25) is 0 Å². The summed E-state index contributed by atoms with van der Waals surface area (Å²) in [6.07, 6.45) is 17.9. The predicted molar refractivity (Wildman–Crippen MR) is 128 cm³/mol. The van der Waals surface area contributed by atoms with Gasteiger partial charge in [0.1, 0.15) is 0 Å². The van der Waals surface area contributed by atoms with Crippen LogP contribution in [0.25, 0.3) is 0 Å². The number of hydrogen-bond donors (Lipinski definition) is 1. The smallest absolute Gasteiger partial charge is 0.0543 e. The number of rotatable bonds is 6. The van der Waals surface area contributed by atoms with Crippen LogP contribution in [0.2, 0.25) is 0 Å². The first kappa shape index (κ1) is 22.6. The quantitative estimate of drug-likeness (QED) is 0.469. The average molecular weight is 413 g/mol. The Morgan fingerprint density at radius 2 is 1.83 bits per heavy atom. The maximum Gasteiger partial charge on any atom is 0.0543 e. The molecule has 1 heteroatoms. The number of aliphatic hydroxyl groups is 1. The summed E-state index contributed by atoms with van der Waals surface area (Å²) in [7, 11) is 0. The summed E-state index contributed by atoms with van der Waals surface area (Å²) in [6, 6.07) is 0. The standard InChI is InChI=1S/C29H48O/c1-7-21(19(2)3)9-8-20(4)25-12-13-26-24-11-10-22-18-23(30)14-16-28(22,5)27(24)15-17-29(25,26)6/h11,15,19-23,25-26,30H,7-10,12-14,16-18H2,1-6H3/t20?,21?,22-,23-,25?,26?,28?,29?/m0/s1. The van der Waals surface area contributed by atoms with Crippen molar-refractivity contribution in [3.05, 3.63) is 23.3 Å². The van der Waals surface area contributed by atoms with Gasteiger partial charge in [-0.3, -0.25) is 0 Å². The number of allylic oxidation sites excluding steroid dienone is 4. The molecule has 4 aliphatic rings. The molecule has 0 bridgehead atoms. The second-order valence-corrected chi connectivity index (χ2v) is 12.5. The highest BCUT2D eigenvalue weighted by molar-refractivity contribution is 5.46. The minimum absolute atomic E-state index is 0.0676. The van der Waals surface area contributed by atoms with Crippen LogP contribution in [0.3, 0.4) is 0 Å². The van der Waals surface area contributed by atoms with Gasteiger partial charge in [-0.25, -0.2) is 0 Å². The van der Waals surface area contributed by atoms with E-state index in [4.69, 9.17) is 0 Å². The van der Waals surface area contributed by atoms with Gasteiger partial charge in [0.15, 0.2) is 0 Å². The van der Waals surface area contributed by atoms with Gasteiger partial charge in [0.05, 0.1) is 6.10 Å². The maximum atomic E-state index is 10.2. The summed E-state index contributed by atoms with van der Waals surface area (Å²) in [5.41, 5.74) is 4.22. The van der Waals surface area contributed by atoms with Crippen LogP contribution in [-0.2, 0) is 0 Å². The molecule has 4 aliphatic carbocycles. The largest absolute Gasteiger partial charge is 0.393 e. The van der Waals surface area contributed by atoms with Gasteiger partial charge >= 0.3 is 0 Å². The lowest BCUT2D eigenvalue weighted by molar-refractivity contribution is 0.0308. The molecule has 6 unspecified atom stereocenters. The Kier molecular flexibility index (Phi) is 6.35. The van der Waals surface area contributed by atoms with E-state index < -0.39 is 0 Å². The molecule has 2 fully saturated rings. The Morgan fingerprint density at radius 1 is 1.07 bits per heavy atom. The molecular weight excluding hydrogens is 364 g/mol. The molecule has 0 spiro atoms. The molecule has 0 aromatic rings. The van der Waals surface area contributed by atoms with Crippen molar-refractivity contribution >= 4 is 0 Å². The predicted octanol–water partition coefficient (Wildman–Crippen LogP) is 7.94. The molecule has 1 nitrogen and oxygen atoms in total. The molecule has 0 saturated heterocycles. The van der Waals surface area contributed by atoms with Crippen LogP contribution in [0.15, 0.2) is 23.3 Å². The minimum Gasteiger partial charge on any atom is -0.393 e. The Hall–Kier alpha value is -0.560. The Bertz CT molecular complexity index is 686. The van der Waals surface area contributed by atoms with Crippen molar-refractivity contribution in [1.29, 1.82) is 0 Å². The zero-order valence-electron chi connectivity index (χ0n) is 20.7. The first-order chi connectivity index (χ1) is 14.2. The van der Waals surface area contributed by atoms with E-state index in [0.717, 1.165) is 42.4 Å². The third-order valence-electron chi connectivity index (χ3n) is 10.7. The van der Waals surface area contributed by atoms with Crippen molar-refractivity contribution in [2.24, 2.45) is 46.3 Å². The van der Waals surface area contributed by atoms with E-state index in [9.17, 15) is 5.11 Å². The average Bonchev–Trinajstić information content (AvgIpc) is 3.06. The fourth-order valence-corrected chi connectivity index (χ4v) is 8.49. The highest BCUT2D eigenvalue weighted by Crippen LogP contribution is 2.65. The summed E-state index contributed by atoms with van der Waals surface area (Å²) < 4.78 is 0. The molecule has 0 radical (unpaired) electrons. The molecule has 0 aliphatic heterocycles. The minimum atomic E-state index is -0.0676. The van der Waals surface area contributed by atoms with Crippen molar-refractivity contribution in [2.75, 3.05) is 0 Å². The molecule has 4 rings (SSSR count). The molecule has 170 valence electrons. The van der Waals surface area contributed by atoms with Crippen molar-refractivity contribution in [1.82, 2.24) is 0 Å². The lowest BCUT2D eigenvalue weighted by Crippen LogP contribution is -2.44. The maximum absolute atomic E-state index is 10.2. The molecule has 30 heavy (non-hydrogen) atoms. The lowest BCUT2D eigenvalue weighted by Gasteiger charge is -2.53. The van der Waals surface area contributed by atoms with Crippen LogP contribution in [0, 0.1) is 46.3 Å². The number of fused-ring (bicyclic) bond motifs is 5. The molecule has 0 aromatic heterocycles. The highest BCUT2D eigenvalue weighted by atomic mass is 16.3.